The molecule has 116 valence electrons. The Bertz CT molecular complexity index is 506. The van der Waals surface area contributed by atoms with Crippen LogP contribution in [0.1, 0.15) is 25.0 Å². The molecule has 0 aromatic heterocycles. The van der Waals surface area contributed by atoms with E-state index in [2.05, 4.69) is 15.4 Å². The Labute approximate surface area is 122 Å². The zero-order valence-corrected chi connectivity index (χ0v) is 12.3. The predicted molar refractivity (Wildman–Crippen MR) is 76.5 cm³/mol. The molecule has 0 aliphatic rings. The van der Waals surface area contributed by atoms with Crippen molar-refractivity contribution in [2.24, 2.45) is 0 Å². The lowest BCUT2D eigenvalue weighted by molar-refractivity contribution is -0.146. The van der Waals surface area contributed by atoms with Crippen molar-refractivity contribution in [3.05, 3.63) is 29.3 Å². The Kier molecular flexibility index (Phi) is 5.69. The third-order valence-corrected chi connectivity index (χ3v) is 2.80. The molecule has 0 fully saturated rings. The summed E-state index contributed by atoms with van der Waals surface area (Å²) < 4.78 is 4.59. The SMILES string of the molecule is COC(=O)C(C)(C)NC(=O)Nc1cc(CO)cc(CO)c1. The van der Waals surface area contributed by atoms with Crippen molar-refractivity contribution >= 4 is 17.7 Å². The predicted octanol–water partition coefficient (Wildman–Crippen LogP) is 0.744. The summed E-state index contributed by atoms with van der Waals surface area (Å²) in [7, 11) is 1.24. The van der Waals surface area contributed by atoms with Gasteiger partial charge >= 0.3 is 12.0 Å². The average molecular weight is 296 g/mol. The molecule has 21 heavy (non-hydrogen) atoms. The number of urea groups is 1. The van der Waals surface area contributed by atoms with Crippen molar-refractivity contribution in [2.45, 2.75) is 32.6 Å². The number of ether oxygens (including phenoxy) is 1. The zero-order chi connectivity index (χ0) is 16.0. The van der Waals surface area contributed by atoms with Gasteiger partial charge in [-0.1, -0.05) is 6.07 Å². The molecule has 7 nitrogen and oxygen atoms in total. The molecule has 0 aliphatic carbocycles. The lowest BCUT2D eigenvalue weighted by Crippen LogP contribution is -2.51. The van der Waals surface area contributed by atoms with Crippen LogP contribution < -0.4 is 10.6 Å². The summed E-state index contributed by atoms with van der Waals surface area (Å²) in [5.41, 5.74) is 0.352. The van der Waals surface area contributed by atoms with Crippen LogP contribution in [0.4, 0.5) is 10.5 Å². The Morgan fingerprint density at radius 2 is 1.67 bits per heavy atom. The maximum absolute atomic E-state index is 11.9. The van der Waals surface area contributed by atoms with E-state index in [9.17, 15) is 9.59 Å². The molecule has 0 atom stereocenters. The van der Waals surface area contributed by atoms with E-state index in [0.717, 1.165) is 0 Å². The number of aliphatic hydroxyl groups excluding tert-OH is 2. The number of carbonyl (C=O) groups is 2. The number of hydrogen-bond acceptors (Lipinski definition) is 5. The fourth-order valence-electron chi connectivity index (χ4n) is 1.77. The Balaban J connectivity index is 2.81. The highest BCUT2D eigenvalue weighted by molar-refractivity contribution is 5.94. The number of nitrogens with one attached hydrogen (secondary N) is 2. The first-order valence-electron chi connectivity index (χ1n) is 6.34. The summed E-state index contributed by atoms with van der Waals surface area (Å²) in [6.45, 7) is 2.61. The Morgan fingerprint density at radius 1 is 1.14 bits per heavy atom. The normalized spacial score (nSPS) is 10.9. The van der Waals surface area contributed by atoms with Crippen LogP contribution in [0.15, 0.2) is 18.2 Å². The van der Waals surface area contributed by atoms with Crippen LogP contribution in [0.3, 0.4) is 0 Å². The number of anilines is 1. The second-order valence-corrected chi connectivity index (χ2v) is 5.05. The van der Waals surface area contributed by atoms with E-state index >= 15 is 0 Å². The highest BCUT2D eigenvalue weighted by Crippen LogP contribution is 2.16. The van der Waals surface area contributed by atoms with Crippen molar-refractivity contribution in [3.8, 4) is 0 Å². The summed E-state index contributed by atoms with van der Waals surface area (Å²) in [6.07, 6.45) is 0. The third kappa shape index (κ3) is 4.73. The third-order valence-electron chi connectivity index (χ3n) is 2.80. The van der Waals surface area contributed by atoms with Crippen LogP contribution in [-0.2, 0) is 22.7 Å². The lowest BCUT2D eigenvalue weighted by Gasteiger charge is -2.23. The van der Waals surface area contributed by atoms with Crippen LogP contribution in [0, 0.1) is 0 Å². The second-order valence-electron chi connectivity index (χ2n) is 5.05. The topological polar surface area (TPSA) is 108 Å². The minimum atomic E-state index is -1.17. The molecule has 1 aromatic rings. The number of esters is 1. The fourth-order valence-corrected chi connectivity index (χ4v) is 1.77. The standard InChI is InChI=1S/C14H20N2O5/c1-14(2,12(19)21-3)16-13(20)15-11-5-9(7-17)4-10(6-11)8-18/h4-6,17-18H,7-8H2,1-3H3,(H2,15,16,20). The van der Waals surface area contributed by atoms with Crippen LogP contribution in [-0.4, -0.2) is 34.9 Å². The quantitative estimate of drug-likeness (QED) is 0.600. The largest absolute Gasteiger partial charge is 0.467 e. The van der Waals surface area contributed by atoms with Gasteiger partial charge in [0.05, 0.1) is 20.3 Å². The van der Waals surface area contributed by atoms with Crippen molar-refractivity contribution in [1.82, 2.24) is 5.32 Å². The molecule has 1 rings (SSSR count). The zero-order valence-electron chi connectivity index (χ0n) is 12.3. The van der Waals surface area contributed by atoms with Gasteiger partial charge in [0.15, 0.2) is 0 Å². The summed E-state index contributed by atoms with van der Waals surface area (Å²) in [6, 6.07) is 4.18. The molecular weight excluding hydrogens is 276 g/mol. The molecule has 0 saturated heterocycles. The van der Waals surface area contributed by atoms with Gasteiger partial charge in [0.25, 0.3) is 0 Å². The van der Waals surface area contributed by atoms with Crippen LogP contribution in [0.25, 0.3) is 0 Å². The van der Waals surface area contributed by atoms with E-state index in [-0.39, 0.29) is 13.2 Å². The Morgan fingerprint density at radius 3 is 2.10 bits per heavy atom. The molecule has 0 bridgehead atoms. The summed E-state index contributed by atoms with van der Waals surface area (Å²) in [4.78, 5) is 23.4. The molecule has 0 heterocycles. The molecule has 0 spiro atoms. The molecule has 0 saturated carbocycles. The van der Waals surface area contributed by atoms with Gasteiger partial charge in [-0.25, -0.2) is 9.59 Å². The summed E-state index contributed by atoms with van der Waals surface area (Å²) in [5, 5.41) is 23.3. The molecular formula is C14H20N2O5. The van der Waals surface area contributed by atoms with E-state index in [1.165, 1.54) is 21.0 Å². The van der Waals surface area contributed by atoms with Gasteiger partial charge in [0.2, 0.25) is 0 Å². The van der Waals surface area contributed by atoms with E-state index in [1.807, 2.05) is 0 Å². The number of rotatable bonds is 5. The van der Waals surface area contributed by atoms with Crippen LogP contribution in [0.5, 0.6) is 0 Å². The number of hydrogen-bond donors (Lipinski definition) is 4. The highest BCUT2D eigenvalue weighted by atomic mass is 16.5. The molecule has 0 radical (unpaired) electrons. The molecule has 2 amide bonds. The molecule has 4 N–H and O–H groups in total. The second kappa shape index (κ2) is 7.05. The van der Waals surface area contributed by atoms with E-state index in [0.29, 0.717) is 16.8 Å². The summed E-state index contributed by atoms with van der Waals surface area (Å²) in [5.74, 6) is -0.571. The first-order chi connectivity index (χ1) is 9.82. The van der Waals surface area contributed by atoms with Gasteiger partial charge in [-0.15, -0.1) is 0 Å². The van der Waals surface area contributed by atoms with Gasteiger partial charge < -0.3 is 25.6 Å². The first kappa shape index (κ1) is 16.9. The number of aliphatic hydroxyl groups is 2. The average Bonchev–Trinajstić information content (AvgIpc) is 2.44. The maximum Gasteiger partial charge on any atom is 0.331 e. The van der Waals surface area contributed by atoms with E-state index < -0.39 is 17.5 Å². The fraction of sp³-hybridized carbons (Fsp3) is 0.429. The van der Waals surface area contributed by atoms with Crippen molar-refractivity contribution in [3.63, 3.8) is 0 Å². The van der Waals surface area contributed by atoms with Crippen LogP contribution >= 0.6 is 0 Å². The van der Waals surface area contributed by atoms with Crippen molar-refractivity contribution in [2.75, 3.05) is 12.4 Å². The monoisotopic (exact) mass is 296 g/mol. The Hall–Kier alpha value is -2.12. The number of methoxy groups -OCH3 is 1. The molecule has 0 aliphatic heterocycles. The van der Waals surface area contributed by atoms with Gasteiger partial charge in [-0.3, -0.25) is 0 Å². The minimum absolute atomic E-state index is 0.211. The van der Waals surface area contributed by atoms with Crippen molar-refractivity contribution in [1.29, 1.82) is 0 Å². The van der Waals surface area contributed by atoms with Gasteiger partial charge in [0.1, 0.15) is 5.54 Å². The van der Waals surface area contributed by atoms with E-state index in [1.54, 1.807) is 18.2 Å². The minimum Gasteiger partial charge on any atom is -0.467 e. The highest BCUT2D eigenvalue weighted by Gasteiger charge is 2.30. The van der Waals surface area contributed by atoms with Crippen molar-refractivity contribution < 1.29 is 24.5 Å². The molecule has 1 aromatic carbocycles. The van der Waals surface area contributed by atoms with Gasteiger partial charge in [0, 0.05) is 5.69 Å². The maximum atomic E-state index is 11.9. The van der Waals surface area contributed by atoms with Gasteiger partial charge in [-0.2, -0.15) is 0 Å². The van der Waals surface area contributed by atoms with Crippen LogP contribution in [0.2, 0.25) is 0 Å². The molecule has 7 heteroatoms. The number of carbonyl (C=O) groups excluding carboxylic acids is 2. The lowest BCUT2D eigenvalue weighted by atomic mass is 10.1. The van der Waals surface area contributed by atoms with Gasteiger partial charge in [-0.05, 0) is 37.1 Å². The smallest absolute Gasteiger partial charge is 0.331 e. The summed E-state index contributed by atoms with van der Waals surface area (Å²) >= 11 is 0. The molecule has 0 unspecified atom stereocenters. The van der Waals surface area contributed by atoms with E-state index in [4.69, 9.17) is 10.2 Å². The first-order valence-corrected chi connectivity index (χ1v) is 6.34. The number of amides is 2. The number of benzene rings is 1.